The van der Waals surface area contributed by atoms with Crippen molar-refractivity contribution in [1.29, 1.82) is 0 Å². The molecular formula is C14H10O8-2. The summed E-state index contributed by atoms with van der Waals surface area (Å²) in [7, 11) is 0. The maximum Gasteiger partial charge on any atom is 0.338 e. The van der Waals surface area contributed by atoms with Crippen molar-refractivity contribution in [3.63, 3.8) is 0 Å². The molecule has 1 aromatic carbocycles. The molecule has 0 heterocycles. The molecule has 0 saturated carbocycles. The van der Waals surface area contributed by atoms with E-state index < -0.39 is 40.6 Å². The number of ether oxygens (including phenoxy) is 2. The Kier molecular flexibility index (Phi) is 5.82. The first-order valence-electron chi connectivity index (χ1n) is 5.90. The van der Waals surface area contributed by atoms with E-state index in [1.165, 1.54) is 0 Å². The van der Waals surface area contributed by atoms with Crippen molar-refractivity contribution in [2.45, 2.75) is 0 Å². The van der Waals surface area contributed by atoms with E-state index in [4.69, 9.17) is 4.74 Å². The summed E-state index contributed by atoms with van der Waals surface area (Å²) in [5.74, 6) is -5.07. The topological polar surface area (TPSA) is 133 Å². The second kappa shape index (κ2) is 7.58. The predicted octanol–water partition coefficient (Wildman–Crippen LogP) is -1.70. The van der Waals surface area contributed by atoms with Crippen LogP contribution in [0.3, 0.4) is 0 Å². The summed E-state index contributed by atoms with van der Waals surface area (Å²) >= 11 is 0. The summed E-state index contributed by atoms with van der Waals surface area (Å²) in [4.78, 5) is 44.2. The van der Waals surface area contributed by atoms with E-state index >= 15 is 0 Å². The molecule has 0 N–H and O–H groups in total. The minimum atomic E-state index is -1.67. The molecular weight excluding hydrogens is 296 g/mol. The highest BCUT2D eigenvalue weighted by atomic mass is 16.6. The van der Waals surface area contributed by atoms with Crippen LogP contribution in [0.15, 0.2) is 30.9 Å². The molecule has 0 spiro atoms. The summed E-state index contributed by atoms with van der Waals surface area (Å²) in [5, 5.41) is 21.6. The molecule has 0 unspecified atom stereocenters. The maximum absolute atomic E-state index is 11.8. The minimum absolute atomic E-state index is 0.266. The molecule has 1 rings (SSSR count). The van der Waals surface area contributed by atoms with E-state index in [2.05, 4.69) is 11.3 Å². The summed E-state index contributed by atoms with van der Waals surface area (Å²) in [5.41, 5.74) is -1.43. The van der Waals surface area contributed by atoms with Crippen LogP contribution in [0.1, 0.15) is 31.1 Å². The Morgan fingerprint density at radius 1 is 1.00 bits per heavy atom. The number of esters is 2. The average Bonchev–Trinajstić information content (AvgIpc) is 2.50. The summed E-state index contributed by atoms with van der Waals surface area (Å²) < 4.78 is 9.24. The quantitative estimate of drug-likeness (QED) is 0.330. The highest BCUT2D eigenvalue weighted by molar-refractivity contribution is 6.03. The maximum atomic E-state index is 11.8. The van der Waals surface area contributed by atoms with Gasteiger partial charge in [-0.3, -0.25) is 0 Å². The molecule has 0 aromatic heterocycles. The van der Waals surface area contributed by atoms with Gasteiger partial charge in [-0.2, -0.15) is 0 Å². The van der Waals surface area contributed by atoms with Gasteiger partial charge in [0.05, 0.1) is 17.5 Å². The molecule has 0 radical (unpaired) electrons. The number of rotatable bonds is 7. The van der Waals surface area contributed by atoms with E-state index in [9.17, 15) is 29.4 Å². The number of carboxylic acids is 2. The SMILES string of the molecule is C=CC(=O)OCCOC(=O)c1cc(C(=O)[O-])ccc1C(=O)[O-]. The molecule has 0 aliphatic rings. The largest absolute Gasteiger partial charge is 0.545 e. The van der Waals surface area contributed by atoms with E-state index in [0.29, 0.717) is 0 Å². The first-order valence-corrected chi connectivity index (χ1v) is 5.90. The molecule has 116 valence electrons. The number of carbonyl (C=O) groups is 4. The van der Waals surface area contributed by atoms with Crippen LogP contribution in [0, 0.1) is 0 Å². The second-order valence-electron chi connectivity index (χ2n) is 3.84. The van der Waals surface area contributed by atoms with E-state index in [0.717, 1.165) is 24.3 Å². The highest BCUT2D eigenvalue weighted by Crippen LogP contribution is 2.13. The van der Waals surface area contributed by atoms with Crippen LogP contribution in [0.25, 0.3) is 0 Å². The number of hydrogen-bond acceptors (Lipinski definition) is 8. The summed E-state index contributed by atoms with van der Waals surface area (Å²) in [6, 6.07) is 2.66. The molecule has 8 nitrogen and oxygen atoms in total. The minimum Gasteiger partial charge on any atom is -0.545 e. The van der Waals surface area contributed by atoms with Gasteiger partial charge in [-0.05, 0) is 11.6 Å². The molecule has 8 heteroatoms. The van der Waals surface area contributed by atoms with Gasteiger partial charge in [0.25, 0.3) is 0 Å². The smallest absolute Gasteiger partial charge is 0.338 e. The zero-order valence-corrected chi connectivity index (χ0v) is 11.2. The normalized spacial score (nSPS) is 9.64. The van der Waals surface area contributed by atoms with Gasteiger partial charge in [0.2, 0.25) is 0 Å². The fraction of sp³-hybridized carbons (Fsp3) is 0.143. The van der Waals surface area contributed by atoms with Crippen molar-refractivity contribution >= 4 is 23.9 Å². The lowest BCUT2D eigenvalue weighted by Crippen LogP contribution is -2.27. The molecule has 0 amide bonds. The van der Waals surface area contributed by atoms with Crippen molar-refractivity contribution in [1.82, 2.24) is 0 Å². The third-order valence-corrected chi connectivity index (χ3v) is 2.42. The fourth-order valence-electron chi connectivity index (χ4n) is 1.43. The van der Waals surface area contributed by atoms with Gasteiger partial charge in [0.15, 0.2) is 0 Å². The van der Waals surface area contributed by atoms with Gasteiger partial charge in [0.1, 0.15) is 13.2 Å². The highest BCUT2D eigenvalue weighted by Gasteiger charge is 2.15. The monoisotopic (exact) mass is 306 g/mol. The summed E-state index contributed by atoms with van der Waals surface area (Å²) in [6.45, 7) is 2.55. The number of carbonyl (C=O) groups excluding carboxylic acids is 4. The van der Waals surface area contributed by atoms with Crippen molar-refractivity contribution in [2.75, 3.05) is 13.2 Å². The van der Waals surface area contributed by atoms with Crippen LogP contribution < -0.4 is 10.2 Å². The molecule has 0 aliphatic heterocycles. The van der Waals surface area contributed by atoms with Gasteiger partial charge in [-0.15, -0.1) is 0 Å². The lowest BCUT2D eigenvalue weighted by atomic mass is 10.0. The van der Waals surface area contributed by atoms with Crippen LogP contribution in [0.5, 0.6) is 0 Å². The molecule has 0 fully saturated rings. The van der Waals surface area contributed by atoms with Crippen molar-refractivity contribution in [2.24, 2.45) is 0 Å². The molecule has 0 aliphatic carbocycles. The van der Waals surface area contributed by atoms with E-state index in [1.54, 1.807) is 0 Å². The molecule has 0 bridgehead atoms. The fourth-order valence-corrected chi connectivity index (χ4v) is 1.43. The summed E-state index contributed by atoms with van der Waals surface area (Å²) in [6.07, 6.45) is 0.916. The number of carboxylic acid groups (broad SMARTS) is 2. The Balaban J connectivity index is 2.84. The first-order chi connectivity index (χ1) is 10.4. The number of benzene rings is 1. The predicted molar refractivity (Wildman–Crippen MR) is 66.5 cm³/mol. The second-order valence-corrected chi connectivity index (χ2v) is 3.84. The number of hydrogen-bond donors (Lipinski definition) is 0. The Hall–Kier alpha value is -3.16. The average molecular weight is 306 g/mol. The standard InChI is InChI=1S/C14H12O8/c1-2-11(15)21-5-6-22-14(20)10-7-8(12(16)17)3-4-9(10)13(18)19/h2-4,7H,1,5-6H2,(H,16,17)(H,18,19)/p-2. The van der Waals surface area contributed by atoms with Crippen LogP contribution >= 0.6 is 0 Å². The zero-order chi connectivity index (χ0) is 16.7. The Morgan fingerprint density at radius 3 is 2.18 bits per heavy atom. The first kappa shape index (κ1) is 16.9. The molecule has 0 saturated heterocycles. The van der Waals surface area contributed by atoms with E-state index in [1.807, 2.05) is 0 Å². The van der Waals surface area contributed by atoms with Crippen molar-refractivity contribution in [3.05, 3.63) is 47.5 Å². The molecule has 1 aromatic rings. The van der Waals surface area contributed by atoms with Crippen LogP contribution in [-0.4, -0.2) is 37.1 Å². The van der Waals surface area contributed by atoms with Gasteiger partial charge >= 0.3 is 11.9 Å². The zero-order valence-electron chi connectivity index (χ0n) is 11.2. The van der Waals surface area contributed by atoms with Gasteiger partial charge in [0, 0.05) is 11.6 Å². The van der Waals surface area contributed by atoms with Gasteiger partial charge in [-0.25, -0.2) is 9.59 Å². The number of aromatic carboxylic acids is 2. The van der Waals surface area contributed by atoms with Crippen LogP contribution in [-0.2, 0) is 14.3 Å². The van der Waals surface area contributed by atoms with Gasteiger partial charge in [-0.1, -0.05) is 18.7 Å². The molecule has 22 heavy (non-hydrogen) atoms. The Morgan fingerprint density at radius 2 is 1.64 bits per heavy atom. The van der Waals surface area contributed by atoms with Crippen LogP contribution in [0.4, 0.5) is 0 Å². The Bertz CT molecular complexity index is 632. The van der Waals surface area contributed by atoms with E-state index in [-0.39, 0.29) is 13.2 Å². The third-order valence-electron chi connectivity index (χ3n) is 2.42. The van der Waals surface area contributed by atoms with Crippen LogP contribution in [0.2, 0.25) is 0 Å². The molecule has 0 atom stereocenters. The van der Waals surface area contributed by atoms with Crippen molar-refractivity contribution in [3.8, 4) is 0 Å². The van der Waals surface area contributed by atoms with Gasteiger partial charge < -0.3 is 29.3 Å². The lowest BCUT2D eigenvalue weighted by Gasteiger charge is -2.12. The third kappa shape index (κ3) is 4.44. The van der Waals surface area contributed by atoms with Crippen molar-refractivity contribution < 1.29 is 38.9 Å². The Labute approximate surface area is 124 Å². The lowest BCUT2D eigenvalue weighted by molar-refractivity contribution is -0.256.